The lowest BCUT2D eigenvalue weighted by Gasteiger charge is -2.20. The van der Waals surface area contributed by atoms with Gasteiger partial charge in [0.25, 0.3) is 0 Å². The van der Waals surface area contributed by atoms with Crippen molar-refractivity contribution in [3.8, 4) is 5.69 Å². The molecule has 0 spiro atoms. The van der Waals surface area contributed by atoms with E-state index in [1.807, 2.05) is 0 Å². The van der Waals surface area contributed by atoms with E-state index in [0.29, 0.717) is 0 Å². The highest BCUT2D eigenvalue weighted by Crippen LogP contribution is 2.47. The van der Waals surface area contributed by atoms with Gasteiger partial charge < -0.3 is 8.98 Å². The zero-order valence-electron chi connectivity index (χ0n) is 29.6. The maximum atomic E-state index is 6.52. The number of rotatable bonds is 1. The van der Waals surface area contributed by atoms with E-state index in [2.05, 4.69) is 164 Å². The van der Waals surface area contributed by atoms with Crippen LogP contribution in [0.15, 0.2) is 101 Å². The number of furan rings is 1. The van der Waals surface area contributed by atoms with Crippen molar-refractivity contribution in [3.05, 3.63) is 114 Å². The summed E-state index contributed by atoms with van der Waals surface area (Å²) in [7, 11) is 0. The molecule has 48 heavy (non-hydrogen) atoms. The molecule has 0 amide bonds. The normalized spacial score (nSPS) is 13.5. The van der Waals surface area contributed by atoms with Crippen LogP contribution in [-0.4, -0.2) is 4.57 Å². The van der Waals surface area contributed by atoms with Gasteiger partial charge in [0, 0.05) is 27.2 Å². The Labute approximate surface area is 282 Å². The SMILES string of the molecule is CC(C)(C)c1ccc(-n2c3ccc(C(C)(C)C)cc3c3c4ccc5cc6oc7ccc(C(C)(C)C)cc7c6c6ccc(cc32)c4c56)cc1. The van der Waals surface area contributed by atoms with Crippen LogP contribution in [0.25, 0.3) is 81.7 Å². The predicted molar refractivity (Wildman–Crippen MR) is 208 cm³/mol. The summed E-state index contributed by atoms with van der Waals surface area (Å²) in [5.74, 6) is 0. The minimum atomic E-state index is 0.0423. The van der Waals surface area contributed by atoms with Crippen LogP contribution < -0.4 is 0 Å². The van der Waals surface area contributed by atoms with E-state index in [-0.39, 0.29) is 16.2 Å². The van der Waals surface area contributed by atoms with Crippen molar-refractivity contribution in [1.29, 1.82) is 0 Å². The topological polar surface area (TPSA) is 18.1 Å². The molecule has 2 heteroatoms. The summed E-state index contributed by atoms with van der Waals surface area (Å²) in [5.41, 5.74) is 9.81. The van der Waals surface area contributed by atoms with E-state index in [9.17, 15) is 0 Å². The van der Waals surface area contributed by atoms with Crippen LogP contribution in [0.4, 0.5) is 0 Å². The molecule has 2 aromatic heterocycles. The van der Waals surface area contributed by atoms with Gasteiger partial charge in [0.1, 0.15) is 11.2 Å². The van der Waals surface area contributed by atoms with Gasteiger partial charge in [0.15, 0.2) is 0 Å². The van der Waals surface area contributed by atoms with Crippen LogP contribution in [0.3, 0.4) is 0 Å². The minimum Gasteiger partial charge on any atom is -0.456 e. The molecule has 0 unspecified atom stereocenters. The monoisotopic (exact) mass is 625 g/mol. The van der Waals surface area contributed by atoms with Gasteiger partial charge in [-0.1, -0.05) is 111 Å². The number of hydrogen-bond donors (Lipinski definition) is 0. The summed E-state index contributed by atoms with van der Waals surface area (Å²) in [6.45, 7) is 20.6. The van der Waals surface area contributed by atoms with E-state index in [0.717, 1.165) is 11.2 Å². The lowest BCUT2D eigenvalue weighted by Crippen LogP contribution is -2.11. The first-order valence-electron chi connectivity index (χ1n) is 17.4. The zero-order chi connectivity index (χ0) is 33.5. The Bertz CT molecular complexity index is 2750. The van der Waals surface area contributed by atoms with Crippen molar-refractivity contribution in [2.24, 2.45) is 0 Å². The second-order valence-corrected chi connectivity index (χ2v) is 17.1. The smallest absolute Gasteiger partial charge is 0.136 e. The summed E-state index contributed by atoms with van der Waals surface area (Å²) in [5, 5.41) is 12.8. The van der Waals surface area contributed by atoms with Gasteiger partial charge in [0.2, 0.25) is 0 Å². The Morgan fingerprint density at radius 1 is 0.396 bits per heavy atom. The molecule has 9 aromatic rings. The number of nitrogens with zero attached hydrogens (tertiary/aromatic N) is 1. The number of fused-ring (bicyclic) bond motifs is 8. The summed E-state index contributed by atoms with van der Waals surface area (Å²) in [4.78, 5) is 0. The fraction of sp³-hybridized carbons (Fsp3) is 0.261. The highest BCUT2D eigenvalue weighted by atomic mass is 16.3. The Morgan fingerprint density at radius 3 is 1.56 bits per heavy atom. The van der Waals surface area contributed by atoms with Gasteiger partial charge in [-0.25, -0.2) is 0 Å². The van der Waals surface area contributed by atoms with Gasteiger partial charge in [0.05, 0.1) is 11.0 Å². The molecule has 0 aliphatic heterocycles. The first-order valence-corrected chi connectivity index (χ1v) is 17.4. The summed E-state index contributed by atoms with van der Waals surface area (Å²) >= 11 is 0. The summed E-state index contributed by atoms with van der Waals surface area (Å²) in [6, 6.07) is 37.1. The van der Waals surface area contributed by atoms with Crippen LogP contribution in [0.5, 0.6) is 0 Å². The van der Waals surface area contributed by atoms with Crippen molar-refractivity contribution >= 4 is 76.1 Å². The van der Waals surface area contributed by atoms with Gasteiger partial charge in [-0.15, -0.1) is 0 Å². The molecule has 0 atom stereocenters. The Balaban J connectivity index is 1.43. The molecule has 0 bridgehead atoms. The molecule has 0 radical (unpaired) electrons. The fourth-order valence-corrected chi connectivity index (χ4v) is 8.04. The Hall–Kier alpha value is -4.82. The van der Waals surface area contributed by atoms with Gasteiger partial charge in [-0.05, 0) is 114 Å². The summed E-state index contributed by atoms with van der Waals surface area (Å²) in [6.07, 6.45) is 0. The third kappa shape index (κ3) is 4.11. The molecule has 0 aliphatic carbocycles. The third-order valence-electron chi connectivity index (χ3n) is 10.8. The highest BCUT2D eigenvalue weighted by molar-refractivity contribution is 6.37. The highest BCUT2D eigenvalue weighted by Gasteiger charge is 2.24. The summed E-state index contributed by atoms with van der Waals surface area (Å²) < 4.78 is 9.00. The fourth-order valence-electron chi connectivity index (χ4n) is 8.04. The lowest BCUT2D eigenvalue weighted by molar-refractivity contribution is 0.590. The second-order valence-electron chi connectivity index (χ2n) is 17.1. The van der Waals surface area contributed by atoms with E-state index in [1.165, 1.54) is 87.3 Å². The maximum Gasteiger partial charge on any atom is 0.136 e. The van der Waals surface area contributed by atoms with Crippen LogP contribution >= 0.6 is 0 Å². The van der Waals surface area contributed by atoms with E-state index in [4.69, 9.17) is 4.42 Å². The van der Waals surface area contributed by atoms with Crippen molar-refractivity contribution in [2.75, 3.05) is 0 Å². The molecule has 0 N–H and O–H groups in total. The molecule has 0 fully saturated rings. The largest absolute Gasteiger partial charge is 0.456 e. The number of hydrogen-bond acceptors (Lipinski definition) is 1. The van der Waals surface area contributed by atoms with E-state index >= 15 is 0 Å². The average molecular weight is 626 g/mol. The van der Waals surface area contributed by atoms with Crippen LogP contribution in [-0.2, 0) is 16.2 Å². The van der Waals surface area contributed by atoms with Crippen LogP contribution in [0.2, 0.25) is 0 Å². The molecule has 238 valence electrons. The Morgan fingerprint density at radius 2 is 0.938 bits per heavy atom. The van der Waals surface area contributed by atoms with E-state index < -0.39 is 0 Å². The standard InChI is InChI=1S/C46H43NO/c1-44(2,3)28-12-16-31(17-13-28)47-36-20-14-29(45(4,5)6)24-34(36)42-32-18-11-27-23-39-43(33-19-10-26(22-37(42)47)40(32)41(27)33)35-25-30(46(7,8)9)15-21-38(35)48-39/h10-25H,1-9H3. The van der Waals surface area contributed by atoms with Crippen LogP contribution in [0, 0.1) is 0 Å². The third-order valence-corrected chi connectivity index (χ3v) is 10.8. The lowest BCUT2D eigenvalue weighted by atomic mass is 9.85. The second kappa shape index (κ2) is 9.41. The molecule has 9 rings (SSSR count). The van der Waals surface area contributed by atoms with Crippen molar-refractivity contribution in [1.82, 2.24) is 4.57 Å². The first-order chi connectivity index (χ1) is 22.7. The van der Waals surface area contributed by atoms with Crippen molar-refractivity contribution < 1.29 is 4.42 Å². The quantitative estimate of drug-likeness (QED) is 0.166. The molecule has 0 saturated heterocycles. The molecule has 2 nitrogen and oxygen atoms in total. The Kier molecular flexibility index (Phi) is 5.75. The van der Waals surface area contributed by atoms with Gasteiger partial charge in [-0.2, -0.15) is 0 Å². The van der Waals surface area contributed by atoms with Gasteiger partial charge in [-0.3, -0.25) is 0 Å². The minimum absolute atomic E-state index is 0.0423. The number of benzene rings is 7. The van der Waals surface area contributed by atoms with Gasteiger partial charge >= 0.3 is 0 Å². The van der Waals surface area contributed by atoms with Crippen LogP contribution in [0.1, 0.15) is 79.0 Å². The van der Waals surface area contributed by atoms with E-state index in [1.54, 1.807) is 0 Å². The molecule has 2 heterocycles. The average Bonchev–Trinajstić information content (AvgIpc) is 3.56. The maximum absolute atomic E-state index is 6.52. The molecular formula is C46H43NO. The zero-order valence-corrected chi connectivity index (χ0v) is 29.6. The number of aromatic nitrogens is 1. The first kappa shape index (κ1) is 29.3. The van der Waals surface area contributed by atoms with Crippen molar-refractivity contribution in [2.45, 2.75) is 78.6 Å². The molecule has 7 aromatic carbocycles. The molecular weight excluding hydrogens is 583 g/mol. The molecule has 0 saturated carbocycles. The van der Waals surface area contributed by atoms with Crippen molar-refractivity contribution in [3.63, 3.8) is 0 Å². The molecule has 0 aliphatic rings. The predicted octanol–water partition coefficient (Wildman–Crippen LogP) is 13.5.